The van der Waals surface area contributed by atoms with Crippen molar-refractivity contribution in [3.63, 3.8) is 0 Å². The maximum Gasteiger partial charge on any atom is 0.408 e. The lowest BCUT2D eigenvalue weighted by atomic mass is 9.97. The number of aliphatic carboxylic acids is 1. The van der Waals surface area contributed by atoms with E-state index in [2.05, 4.69) is 10.6 Å². The van der Waals surface area contributed by atoms with Gasteiger partial charge in [-0.2, -0.15) is 0 Å². The van der Waals surface area contributed by atoms with E-state index in [0.717, 1.165) is 22.3 Å². The van der Waals surface area contributed by atoms with Crippen LogP contribution in [0.25, 0.3) is 11.1 Å². The summed E-state index contributed by atoms with van der Waals surface area (Å²) in [5.41, 5.74) is 4.18. The van der Waals surface area contributed by atoms with Gasteiger partial charge in [-0.25, -0.2) is 9.59 Å². The molecule has 2 unspecified atom stereocenters. The van der Waals surface area contributed by atoms with Crippen molar-refractivity contribution in [2.75, 3.05) is 6.16 Å². The lowest BCUT2D eigenvalue weighted by molar-refractivity contribution is -0.142. The highest BCUT2D eigenvalue weighted by Gasteiger charge is 2.38. The summed E-state index contributed by atoms with van der Waals surface area (Å²) in [5.74, 6) is -4.18. The monoisotopic (exact) mass is 642 g/mol. The lowest BCUT2D eigenvalue weighted by Crippen LogP contribution is -2.45. The van der Waals surface area contributed by atoms with E-state index in [1.54, 1.807) is 43.3 Å². The van der Waals surface area contributed by atoms with Crippen LogP contribution in [0.1, 0.15) is 30.0 Å². The number of hydrogen-bond acceptors (Lipinski definition) is 5. The molecule has 9 nitrogen and oxygen atoms in total. The SMILES string of the molecule is CC[C@H](NC(=O)C(Cc1ccc(-c2ccccc2)cc1)CP(=O)(O)[C@H](Cc1ccccc1)NC(=O)OCc1ccccc1)C(=O)O. The molecule has 240 valence electrons. The highest BCUT2D eigenvalue weighted by Crippen LogP contribution is 2.48. The topological polar surface area (TPSA) is 142 Å². The smallest absolute Gasteiger partial charge is 0.408 e. The molecule has 10 heteroatoms. The zero-order valence-corrected chi connectivity index (χ0v) is 26.5. The Bertz CT molecular complexity index is 1620. The molecule has 0 radical (unpaired) electrons. The number of nitrogens with one attached hydrogen (secondary N) is 2. The summed E-state index contributed by atoms with van der Waals surface area (Å²) in [6, 6.07) is 34.1. The Morgan fingerprint density at radius 1 is 0.717 bits per heavy atom. The Balaban J connectivity index is 1.57. The summed E-state index contributed by atoms with van der Waals surface area (Å²) < 4.78 is 19.5. The molecule has 4 rings (SSSR count). The predicted octanol–water partition coefficient (Wildman–Crippen LogP) is 6.26. The van der Waals surface area contributed by atoms with Crippen molar-refractivity contribution in [3.8, 4) is 11.1 Å². The van der Waals surface area contributed by atoms with Gasteiger partial charge in [0.2, 0.25) is 13.3 Å². The number of carbonyl (C=O) groups excluding carboxylic acids is 2. The molecule has 4 aromatic rings. The van der Waals surface area contributed by atoms with Crippen molar-refractivity contribution >= 4 is 25.3 Å². The second kappa shape index (κ2) is 16.5. The van der Waals surface area contributed by atoms with Crippen LogP contribution in [0.2, 0.25) is 0 Å². The maximum atomic E-state index is 14.2. The normalized spacial score (nSPS) is 14.2. The van der Waals surface area contributed by atoms with E-state index in [9.17, 15) is 28.9 Å². The van der Waals surface area contributed by atoms with E-state index in [4.69, 9.17) is 4.74 Å². The highest BCUT2D eigenvalue weighted by molar-refractivity contribution is 7.58. The Kier molecular flexibility index (Phi) is 12.3. The number of amides is 2. The minimum atomic E-state index is -4.32. The molecule has 0 aliphatic rings. The van der Waals surface area contributed by atoms with Gasteiger partial charge in [-0.05, 0) is 40.7 Å². The molecule has 4 atom stereocenters. The Morgan fingerprint density at radius 3 is 1.80 bits per heavy atom. The van der Waals surface area contributed by atoms with Crippen molar-refractivity contribution in [2.24, 2.45) is 5.92 Å². The third-order valence-corrected chi connectivity index (χ3v) is 9.92. The number of benzene rings is 4. The van der Waals surface area contributed by atoms with Gasteiger partial charge in [0, 0.05) is 12.6 Å². The summed E-state index contributed by atoms with van der Waals surface area (Å²) in [7, 11) is -4.32. The highest BCUT2D eigenvalue weighted by atomic mass is 31.2. The molecule has 46 heavy (non-hydrogen) atoms. The van der Waals surface area contributed by atoms with Crippen LogP contribution in [0, 0.1) is 5.92 Å². The zero-order valence-electron chi connectivity index (χ0n) is 25.6. The second-order valence-electron chi connectivity index (χ2n) is 11.1. The van der Waals surface area contributed by atoms with Crippen molar-refractivity contribution in [2.45, 2.75) is 44.6 Å². The van der Waals surface area contributed by atoms with Crippen LogP contribution in [0.4, 0.5) is 4.79 Å². The molecule has 0 heterocycles. The first kappa shape index (κ1) is 34.2. The van der Waals surface area contributed by atoms with Crippen LogP contribution >= 0.6 is 7.37 Å². The largest absolute Gasteiger partial charge is 0.480 e. The first-order valence-corrected chi connectivity index (χ1v) is 17.1. The first-order valence-electron chi connectivity index (χ1n) is 15.1. The number of carbonyl (C=O) groups is 3. The Hall–Kier alpha value is -4.72. The molecule has 0 saturated carbocycles. The molecule has 0 saturated heterocycles. The fraction of sp³-hybridized carbons (Fsp3) is 0.250. The van der Waals surface area contributed by atoms with Crippen molar-refractivity contribution in [1.29, 1.82) is 0 Å². The van der Waals surface area contributed by atoms with Crippen LogP contribution in [-0.4, -0.2) is 46.0 Å². The van der Waals surface area contributed by atoms with E-state index in [1.165, 1.54) is 0 Å². The fourth-order valence-electron chi connectivity index (χ4n) is 5.09. The van der Waals surface area contributed by atoms with Gasteiger partial charge >= 0.3 is 12.1 Å². The minimum Gasteiger partial charge on any atom is -0.480 e. The third kappa shape index (κ3) is 10.2. The number of alkyl carbamates (subject to hydrolysis) is 1. The van der Waals surface area contributed by atoms with Gasteiger partial charge in [0.15, 0.2) is 0 Å². The molecule has 4 N–H and O–H groups in total. The van der Waals surface area contributed by atoms with Crippen molar-refractivity contribution < 1.29 is 33.7 Å². The second-order valence-corrected chi connectivity index (χ2v) is 13.6. The predicted molar refractivity (Wildman–Crippen MR) is 177 cm³/mol. The molecule has 0 aliphatic heterocycles. The summed E-state index contributed by atoms with van der Waals surface area (Å²) >= 11 is 0. The van der Waals surface area contributed by atoms with E-state index in [-0.39, 0.29) is 25.9 Å². The van der Waals surface area contributed by atoms with Gasteiger partial charge in [0.05, 0.1) is 5.92 Å². The average molecular weight is 643 g/mol. The van der Waals surface area contributed by atoms with Gasteiger partial charge < -0.3 is 25.4 Å². The maximum absolute atomic E-state index is 14.2. The van der Waals surface area contributed by atoms with E-state index in [1.807, 2.05) is 78.9 Å². The van der Waals surface area contributed by atoms with E-state index in [0.29, 0.717) is 5.56 Å². The summed E-state index contributed by atoms with van der Waals surface area (Å²) in [6.45, 7) is 1.60. The quantitative estimate of drug-likeness (QED) is 0.112. The third-order valence-electron chi connectivity index (χ3n) is 7.67. The van der Waals surface area contributed by atoms with Gasteiger partial charge in [-0.15, -0.1) is 0 Å². The zero-order chi connectivity index (χ0) is 32.9. The minimum absolute atomic E-state index is 0.0158. The number of carboxylic acids is 1. The summed E-state index contributed by atoms with van der Waals surface area (Å²) in [5, 5.41) is 14.7. The molecule has 2 amide bonds. The molecule has 0 bridgehead atoms. The van der Waals surface area contributed by atoms with Crippen molar-refractivity contribution in [3.05, 3.63) is 132 Å². The van der Waals surface area contributed by atoms with Gasteiger partial charge in [0.1, 0.15) is 18.4 Å². The molecule has 0 spiro atoms. The van der Waals surface area contributed by atoms with Gasteiger partial charge in [-0.3, -0.25) is 9.36 Å². The first-order chi connectivity index (χ1) is 22.1. The molecular formula is C36H39N2O7P. The lowest BCUT2D eigenvalue weighted by Gasteiger charge is -2.28. The molecule has 0 aromatic heterocycles. The van der Waals surface area contributed by atoms with Crippen LogP contribution < -0.4 is 10.6 Å². The molecular weight excluding hydrogens is 603 g/mol. The number of carboxylic acid groups (broad SMARTS) is 1. The van der Waals surface area contributed by atoms with Crippen LogP contribution in [0.15, 0.2) is 115 Å². The van der Waals surface area contributed by atoms with Gasteiger partial charge in [-0.1, -0.05) is 122 Å². The summed E-state index contributed by atoms with van der Waals surface area (Å²) in [4.78, 5) is 49.7. The van der Waals surface area contributed by atoms with Crippen LogP contribution in [-0.2, 0) is 38.3 Å². The van der Waals surface area contributed by atoms with Crippen LogP contribution in [0.5, 0.6) is 0 Å². The Morgan fingerprint density at radius 2 is 1.24 bits per heavy atom. The summed E-state index contributed by atoms with van der Waals surface area (Å²) in [6.07, 6.45) is -1.12. The number of rotatable bonds is 15. The van der Waals surface area contributed by atoms with Gasteiger partial charge in [0.25, 0.3) is 0 Å². The standard InChI is InChI=1S/C36H39N2O7P/c1-2-32(35(40)41)37-34(39)31(22-27-18-20-30(21-19-27)29-16-10-5-11-17-29)25-46(43,44)33(23-26-12-6-3-7-13-26)38-36(42)45-24-28-14-8-4-9-15-28/h3-21,31-33H,2,22-25H2,1H3,(H,37,39)(H,38,42)(H,40,41)(H,43,44)/t31?,32-,33+/m0/s1. The number of hydrogen-bond donors (Lipinski definition) is 4. The molecule has 0 aliphatic carbocycles. The molecule has 0 fully saturated rings. The fourth-order valence-corrected chi connectivity index (χ4v) is 7.08. The average Bonchev–Trinajstić information content (AvgIpc) is 3.07. The Labute approximate surface area is 269 Å². The van der Waals surface area contributed by atoms with Crippen molar-refractivity contribution in [1.82, 2.24) is 10.6 Å². The van der Waals surface area contributed by atoms with E-state index >= 15 is 0 Å². The number of ether oxygens (including phenoxy) is 1. The van der Waals surface area contributed by atoms with E-state index < -0.39 is 49.2 Å². The van der Waals surface area contributed by atoms with Crippen LogP contribution in [0.3, 0.4) is 0 Å². The molecule has 4 aromatic carbocycles.